The number of benzene rings is 2. The first-order valence-electron chi connectivity index (χ1n) is 9.56. The Kier molecular flexibility index (Phi) is 5.82. The number of rotatable bonds is 7. The molecule has 1 saturated heterocycles. The van der Waals surface area contributed by atoms with E-state index in [4.69, 9.17) is 16.3 Å². The first-order valence-corrected chi connectivity index (χ1v) is 9.94. The Bertz CT molecular complexity index is 918. The van der Waals surface area contributed by atoms with Crippen LogP contribution in [0.15, 0.2) is 48.5 Å². The summed E-state index contributed by atoms with van der Waals surface area (Å²) in [6, 6.07) is 15.7. The number of aliphatic hydroxyl groups excluding tert-OH is 2. The molecule has 1 aliphatic heterocycles. The number of halogens is 1. The van der Waals surface area contributed by atoms with Crippen LogP contribution in [0.5, 0.6) is 5.88 Å². The number of para-hydroxylation sites is 1. The van der Waals surface area contributed by atoms with Gasteiger partial charge in [-0.05, 0) is 49.1 Å². The van der Waals surface area contributed by atoms with E-state index < -0.39 is 12.5 Å². The van der Waals surface area contributed by atoms with Gasteiger partial charge in [0.25, 0.3) is 0 Å². The molecule has 1 aliphatic rings. The van der Waals surface area contributed by atoms with Gasteiger partial charge < -0.3 is 14.9 Å². The van der Waals surface area contributed by atoms with Crippen LogP contribution < -0.4 is 4.74 Å². The largest absolute Gasteiger partial charge is 0.476 e. The van der Waals surface area contributed by atoms with E-state index in [-0.39, 0.29) is 0 Å². The zero-order chi connectivity index (χ0) is 19.5. The Morgan fingerprint density at radius 2 is 1.75 bits per heavy atom. The van der Waals surface area contributed by atoms with Gasteiger partial charge >= 0.3 is 0 Å². The van der Waals surface area contributed by atoms with Crippen LogP contribution in [-0.4, -0.2) is 50.5 Å². The Hall–Kier alpha value is -2.12. The van der Waals surface area contributed by atoms with Crippen molar-refractivity contribution in [2.75, 3.05) is 13.2 Å². The molecular weight excluding hydrogens is 378 g/mol. The lowest BCUT2D eigenvalue weighted by atomic mass is 10.2. The molecule has 3 aromatic rings. The second-order valence-electron chi connectivity index (χ2n) is 7.08. The topological polar surface area (TPSA) is 70.8 Å². The van der Waals surface area contributed by atoms with Crippen LogP contribution in [0.25, 0.3) is 10.9 Å². The van der Waals surface area contributed by atoms with Gasteiger partial charge in [-0.2, -0.15) is 0 Å². The fourth-order valence-corrected chi connectivity index (χ4v) is 3.76. The van der Waals surface area contributed by atoms with Crippen molar-refractivity contribution in [1.82, 2.24) is 14.7 Å². The molecule has 2 aromatic carbocycles. The summed E-state index contributed by atoms with van der Waals surface area (Å²) in [5, 5.41) is 26.1. The van der Waals surface area contributed by atoms with Crippen molar-refractivity contribution < 1.29 is 14.9 Å². The van der Waals surface area contributed by atoms with E-state index in [0.717, 1.165) is 16.5 Å². The lowest BCUT2D eigenvalue weighted by molar-refractivity contribution is -0.0544. The molecule has 4 rings (SSSR count). The molecule has 0 amide bonds. The highest BCUT2D eigenvalue weighted by Gasteiger charge is 2.29. The molecule has 2 heterocycles. The van der Waals surface area contributed by atoms with E-state index in [0.29, 0.717) is 49.9 Å². The first kappa shape index (κ1) is 19.2. The van der Waals surface area contributed by atoms with Gasteiger partial charge in [0.05, 0.1) is 24.1 Å². The van der Waals surface area contributed by atoms with Gasteiger partial charge in [0.1, 0.15) is 12.5 Å². The molecule has 2 N–H and O–H groups in total. The summed E-state index contributed by atoms with van der Waals surface area (Å²) in [5.74, 6) is 0.604. The molecule has 0 radical (unpaired) electrons. The third-order valence-electron chi connectivity index (χ3n) is 5.12. The molecule has 148 valence electrons. The molecule has 2 unspecified atom stereocenters. The Morgan fingerprint density at radius 3 is 2.50 bits per heavy atom. The average molecular weight is 402 g/mol. The molecule has 2 atom stereocenters. The zero-order valence-electron chi connectivity index (χ0n) is 15.5. The number of aromatic nitrogens is 2. The summed E-state index contributed by atoms with van der Waals surface area (Å²) >= 11 is 5.97. The van der Waals surface area contributed by atoms with Gasteiger partial charge in [-0.25, -0.2) is 0 Å². The minimum atomic E-state index is -0.561. The number of fused-ring (bicyclic) bond motifs is 1. The lowest BCUT2D eigenvalue weighted by Crippen LogP contribution is -2.37. The quantitative estimate of drug-likeness (QED) is 0.595. The maximum absolute atomic E-state index is 9.88. The summed E-state index contributed by atoms with van der Waals surface area (Å²) in [5.41, 5.74) is 2.12. The second-order valence-corrected chi connectivity index (χ2v) is 7.52. The van der Waals surface area contributed by atoms with Gasteiger partial charge in [-0.3, -0.25) is 9.58 Å². The van der Waals surface area contributed by atoms with Crippen LogP contribution >= 0.6 is 11.6 Å². The summed E-state index contributed by atoms with van der Waals surface area (Å²) in [4.78, 5) is 1.71. The average Bonchev–Trinajstić information content (AvgIpc) is 3.21. The Balaban J connectivity index is 1.43. The number of ether oxygens (including phenoxy) is 1. The normalized spacial score (nSPS) is 20.1. The second kappa shape index (κ2) is 8.49. The molecule has 1 aromatic heterocycles. The molecule has 0 aliphatic carbocycles. The minimum absolute atomic E-state index is 0.470. The molecule has 0 spiro atoms. The van der Waals surface area contributed by atoms with E-state index >= 15 is 0 Å². The fourth-order valence-electron chi connectivity index (χ4n) is 3.63. The van der Waals surface area contributed by atoms with Gasteiger partial charge in [-0.15, -0.1) is 5.10 Å². The molecule has 28 heavy (non-hydrogen) atoms. The molecule has 0 bridgehead atoms. The van der Waals surface area contributed by atoms with Crippen LogP contribution in [-0.2, 0) is 6.54 Å². The van der Waals surface area contributed by atoms with Crippen molar-refractivity contribution >= 4 is 22.5 Å². The smallest absolute Gasteiger partial charge is 0.240 e. The molecule has 0 saturated carbocycles. The first-order chi connectivity index (χ1) is 13.6. The minimum Gasteiger partial charge on any atom is -0.476 e. The monoisotopic (exact) mass is 401 g/mol. The van der Waals surface area contributed by atoms with Crippen LogP contribution in [0.2, 0.25) is 5.02 Å². The van der Waals surface area contributed by atoms with E-state index in [2.05, 4.69) is 5.10 Å². The number of aliphatic hydroxyl groups is 2. The third kappa shape index (κ3) is 4.15. The number of hydrogen-bond acceptors (Lipinski definition) is 5. The standard InChI is InChI=1S/C21H24ClN3O3/c22-16-8-6-15(7-9-16)14-25-18-5-2-1-4-17(18)21(23-25)28-13-3-12-24-19(26)10-11-20(24)27/h1-2,4-9,19-20,26-27H,3,10-14H2. The maximum Gasteiger partial charge on any atom is 0.240 e. The predicted octanol–water partition coefficient (Wildman–Crippen LogP) is 3.24. The van der Waals surface area contributed by atoms with Crippen molar-refractivity contribution in [1.29, 1.82) is 0 Å². The summed E-state index contributed by atoms with van der Waals surface area (Å²) in [6.45, 7) is 1.69. The summed E-state index contributed by atoms with van der Waals surface area (Å²) < 4.78 is 7.88. The highest BCUT2D eigenvalue weighted by atomic mass is 35.5. The van der Waals surface area contributed by atoms with Crippen LogP contribution in [0.4, 0.5) is 0 Å². The van der Waals surface area contributed by atoms with Crippen LogP contribution in [0, 0.1) is 0 Å². The predicted molar refractivity (Wildman–Crippen MR) is 108 cm³/mol. The van der Waals surface area contributed by atoms with E-state index in [1.54, 1.807) is 4.90 Å². The number of likely N-dealkylation sites (tertiary alicyclic amines) is 1. The summed E-state index contributed by atoms with van der Waals surface area (Å²) in [6.07, 6.45) is 0.805. The van der Waals surface area contributed by atoms with Gasteiger partial charge in [0, 0.05) is 11.6 Å². The Labute approximate surface area is 168 Å². The SMILES string of the molecule is OC1CCC(O)N1CCCOc1nn(Cc2ccc(Cl)cc2)c2ccccc12. The summed E-state index contributed by atoms with van der Waals surface area (Å²) in [7, 11) is 0. The Morgan fingerprint density at radius 1 is 1.04 bits per heavy atom. The molecular formula is C21H24ClN3O3. The molecule has 1 fully saturated rings. The zero-order valence-corrected chi connectivity index (χ0v) is 16.3. The van der Waals surface area contributed by atoms with Gasteiger partial charge in [0.2, 0.25) is 5.88 Å². The van der Waals surface area contributed by atoms with Gasteiger partial charge in [0.15, 0.2) is 0 Å². The van der Waals surface area contributed by atoms with E-state index in [1.807, 2.05) is 53.2 Å². The maximum atomic E-state index is 9.88. The highest BCUT2D eigenvalue weighted by molar-refractivity contribution is 6.30. The lowest BCUT2D eigenvalue weighted by Gasteiger charge is -2.23. The van der Waals surface area contributed by atoms with E-state index in [9.17, 15) is 10.2 Å². The number of nitrogens with zero attached hydrogens (tertiary/aromatic N) is 3. The van der Waals surface area contributed by atoms with Crippen molar-refractivity contribution in [3.8, 4) is 5.88 Å². The van der Waals surface area contributed by atoms with Crippen molar-refractivity contribution in [2.45, 2.75) is 38.3 Å². The fraction of sp³-hybridized carbons (Fsp3) is 0.381. The van der Waals surface area contributed by atoms with Gasteiger partial charge in [-0.1, -0.05) is 35.9 Å². The van der Waals surface area contributed by atoms with Crippen molar-refractivity contribution in [3.63, 3.8) is 0 Å². The number of hydrogen-bond donors (Lipinski definition) is 2. The third-order valence-corrected chi connectivity index (χ3v) is 5.37. The van der Waals surface area contributed by atoms with Crippen molar-refractivity contribution in [3.05, 3.63) is 59.1 Å². The molecule has 6 nitrogen and oxygen atoms in total. The van der Waals surface area contributed by atoms with Crippen LogP contribution in [0.1, 0.15) is 24.8 Å². The highest BCUT2D eigenvalue weighted by Crippen LogP contribution is 2.26. The molecule has 7 heteroatoms. The van der Waals surface area contributed by atoms with Crippen molar-refractivity contribution in [2.24, 2.45) is 0 Å². The van der Waals surface area contributed by atoms with E-state index in [1.165, 1.54) is 0 Å². The van der Waals surface area contributed by atoms with Crippen LogP contribution in [0.3, 0.4) is 0 Å².